The van der Waals surface area contributed by atoms with Gasteiger partial charge in [0.15, 0.2) is 0 Å². The van der Waals surface area contributed by atoms with Gasteiger partial charge in [-0.2, -0.15) is 0 Å². The van der Waals surface area contributed by atoms with Crippen LogP contribution in [-0.4, -0.2) is 29.1 Å². The molecule has 1 unspecified atom stereocenters. The molecule has 3 rings (SSSR count). The molecule has 0 spiro atoms. The molecule has 4 heteroatoms. The molecule has 1 saturated heterocycles. The van der Waals surface area contributed by atoms with Crippen LogP contribution in [0.15, 0.2) is 6.07 Å². The van der Waals surface area contributed by atoms with E-state index in [-0.39, 0.29) is 0 Å². The zero-order valence-corrected chi connectivity index (χ0v) is 12.8. The van der Waals surface area contributed by atoms with E-state index in [1.165, 1.54) is 12.8 Å². The molecule has 4 nitrogen and oxygen atoms in total. The Morgan fingerprint density at radius 1 is 1.38 bits per heavy atom. The van der Waals surface area contributed by atoms with Crippen LogP contribution in [0.25, 0.3) is 0 Å². The van der Waals surface area contributed by atoms with Crippen molar-refractivity contribution in [3.8, 4) is 0 Å². The van der Waals surface area contributed by atoms with Crippen LogP contribution in [0.1, 0.15) is 60.6 Å². The van der Waals surface area contributed by atoms with Crippen LogP contribution in [0.5, 0.6) is 0 Å². The molecule has 21 heavy (non-hydrogen) atoms. The lowest BCUT2D eigenvalue weighted by Gasteiger charge is -2.34. The highest BCUT2D eigenvalue weighted by atomic mass is 16.4. The SMILES string of the molecule is CCC1CCCN(c2nc3c(cc2C(=O)O)CCCC3)C1. The highest BCUT2D eigenvalue weighted by molar-refractivity contribution is 5.93. The van der Waals surface area contributed by atoms with Gasteiger partial charge in [-0.1, -0.05) is 13.3 Å². The number of pyridine rings is 1. The molecule has 114 valence electrons. The average molecular weight is 288 g/mol. The van der Waals surface area contributed by atoms with Crippen molar-refractivity contribution in [2.45, 2.75) is 51.9 Å². The van der Waals surface area contributed by atoms with Gasteiger partial charge in [0.2, 0.25) is 0 Å². The number of carboxylic acids is 1. The highest BCUT2D eigenvalue weighted by Crippen LogP contribution is 2.30. The van der Waals surface area contributed by atoms with Crippen molar-refractivity contribution in [1.82, 2.24) is 4.98 Å². The third-order valence-corrected chi connectivity index (χ3v) is 4.91. The first kappa shape index (κ1) is 14.4. The summed E-state index contributed by atoms with van der Waals surface area (Å²) in [6.07, 6.45) is 7.83. The van der Waals surface area contributed by atoms with Crippen LogP contribution in [0.4, 0.5) is 5.82 Å². The van der Waals surface area contributed by atoms with E-state index < -0.39 is 5.97 Å². The van der Waals surface area contributed by atoms with Gasteiger partial charge in [-0.05, 0) is 56.1 Å². The lowest BCUT2D eigenvalue weighted by molar-refractivity contribution is 0.0696. The van der Waals surface area contributed by atoms with E-state index >= 15 is 0 Å². The quantitative estimate of drug-likeness (QED) is 0.927. The minimum absolute atomic E-state index is 0.396. The number of fused-ring (bicyclic) bond motifs is 1. The molecule has 2 aliphatic rings. The number of hydrogen-bond donors (Lipinski definition) is 1. The van der Waals surface area contributed by atoms with Crippen LogP contribution < -0.4 is 4.90 Å². The number of carbonyl (C=O) groups is 1. The Morgan fingerprint density at radius 3 is 2.95 bits per heavy atom. The first-order chi connectivity index (χ1) is 10.2. The van der Waals surface area contributed by atoms with E-state index in [9.17, 15) is 9.90 Å². The number of anilines is 1. The molecule has 1 aliphatic heterocycles. The minimum atomic E-state index is -0.843. The predicted octanol–water partition coefficient (Wildman–Crippen LogP) is 3.29. The zero-order valence-electron chi connectivity index (χ0n) is 12.8. The molecular formula is C17H24N2O2. The second-order valence-electron chi connectivity index (χ2n) is 6.34. The maximum atomic E-state index is 11.6. The third kappa shape index (κ3) is 2.89. The molecule has 1 aliphatic carbocycles. The molecular weight excluding hydrogens is 264 g/mol. The number of aromatic nitrogens is 1. The van der Waals surface area contributed by atoms with E-state index in [0.29, 0.717) is 17.3 Å². The van der Waals surface area contributed by atoms with Gasteiger partial charge < -0.3 is 10.0 Å². The van der Waals surface area contributed by atoms with Gasteiger partial charge in [-0.15, -0.1) is 0 Å². The summed E-state index contributed by atoms with van der Waals surface area (Å²) in [7, 11) is 0. The molecule has 0 radical (unpaired) electrons. The normalized spacial score (nSPS) is 22.0. The number of aryl methyl sites for hydroxylation is 2. The van der Waals surface area contributed by atoms with Crippen molar-refractivity contribution in [1.29, 1.82) is 0 Å². The van der Waals surface area contributed by atoms with E-state index in [2.05, 4.69) is 11.8 Å². The summed E-state index contributed by atoms with van der Waals surface area (Å²) in [4.78, 5) is 18.6. The maximum absolute atomic E-state index is 11.6. The van der Waals surface area contributed by atoms with Gasteiger partial charge in [-0.25, -0.2) is 9.78 Å². The van der Waals surface area contributed by atoms with Crippen molar-refractivity contribution >= 4 is 11.8 Å². The number of hydrogen-bond acceptors (Lipinski definition) is 3. The summed E-state index contributed by atoms with van der Waals surface area (Å²) in [5.41, 5.74) is 2.67. The van der Waals surface area contributed by atoms with Crippen LogP contribution in [0, 0.1) is 5.92 Å². The Labute approximate surface area is 126 Å². The molecule has 2 heterocycles. The number of nitrogens with zero attached hydrogens (tertiary/aromatic N) is 2. The fraction of sp³-hybridized carbons (Fsp3) is 0.647. The van der Waals surface area contributed by atoms with Crippen LogP contribution in [0.3, 0.4) is 0 Å². The first-order valence-corrected chi connectivity index (χ1v) is 8.20. The summed E-state index contributed by atoms with van der Waals surface area (Å²) in [6, 6.07) is 1.88. The summed E-state index contributed by atoms with van der Waals surface area (Å²) < 4.78 is 0. The highest BCUT2D eigenvalue weighted by Gasteiger charge is 2.26. The van der Waals surface area contributed by atoms with Gasteiger partial charge in [0.25, 0.3) is 0 Å². The Morgan fingerprint density at radius 2 is 2.19 bits per heavy atom. The Bertz CT molecular complexity index is 542. The monoisotopic (exact) mass is 288 g/mol. The standard InChI is InChI=1S/C17H24N2O2/c1-2-12-6-5-9-19(11-12)16-14(17(20)21)10-13-7-3-4-8-15(13)18-16/h10,12H,2-9,11H2,1H3,(H,20,21). The largest absolute Gasteiger partial charge is 0.478 e. The smallest absolute Gasteiger partial charge is 0.339 e. The summed E-state index contributed by atoms with van der Waals surface area (Å²) in [6.45, 7) is 4.09. The molecule has 1 atom stereocenters. The van der Waals surface area contributed by atoms with Crippen LogP contribution >= 0.6 is 0 Å². The zero-order chi connectivity index (χ0) is 14.8. The average Bonchev–Trinajstić information content (AvgIpc) is 2.53. The molecule has 0 saturated carbocycles. The van der Waals surface area contributed by atoms with Gasteiger partial charge in [0.05, 0.1) is 0 Å². The van der Waals surface area contributed by atoms with Crippen molar-refractivity contribution < 1.29 is 9.90 Å². The molecule has 1 N–H and O–H groups in total. The Hall–Kier alpha value is -1.58. The Kier molecular flexibility index (Phi) is 4.13. The second-order valence-corrected chi connectivity index (χ2v) is 6.34. The number of piperidine rings is 1. The van der Waals surface area contributed by atoms with Crippen molar-refractivity contribution in [3.05, 3.63) is 22.9 Å². The molecule has 1 aromatic rings. The van der Waals surface area contributed by atoms with Gasteiger partial charge in [-0.3, -0.25) is 0 Å². The summed E-state index contributed by atoms with van der Waals surface area (Å²) in [5.74, 6) is 0.532. The fourth-order valence-electron chi connectivity index (χ4n) is 3.61. The maximum Gasteiger partial charge on any atom is 0.339 e. The van der Waals surface area contributed by atoms with Crippen molar-refractivity contribution in [3.63, 3.8) is 0 Å². The van der Waals surface area contributed by atoms with Crippen molar-refractivity contribution in [2.75, 3.05) is 18.0 Å². The lowest BCUT2D eigenvalue weighted by Crippen LogP contribution is -2.37. The predicted molar refractivity (Wildman–Crippen MR) is 83.1 cm³/mol. The van der Waals surface area contributed by atoms with E-state index in [0.717, 1.165) is 56.5 Å². The topological polar surface area (TPSA) is 53.4 Å². The van der Waals surface area contributed by atoms with E-state index in [1.54, 1.807) is 0 Å². The van der Waals surface area contributed by atoms with E-state index in [1.807, 2.05) is 6.07 Å². The molecule has 1 fully saturated rings. The second kappa shape index (κ2) is 6.04. The Balaban J connectivity index is 1.97. The van der Waals surface area contributed by atoms with Gasteiger partial charge >= 0.3 is 5.97 Å². The van der Waals surface area contributed by atoms with Crippen LogP contribution in [-0.2, 0) is 12.8 Å². The number of rotatable bonds is 3. The third-order valence-electron chi connectivity index (χ3n) is 4.91. The minimum Gasteiger partial charge on any atom is -0.478 e. The van der Waals surface area contributed by atoms with Gasteiger partial charge in [0.1, 0.15) is 11.4 Å². The first-order valence-electron chi connectivity index (χ1n) is 8.20. The van der Waals surface area contributed by atoms with Crippen LogP contribution in [0.2, 0.25) is 0 Å². The molecule has 0 bridgehead atoms. The number of carboxylic acid groups (broad SMARTS) is 1. The summed E-state index contributed by atoms with van der Waals surface area (Å²) >= 11 is 0. The van der Waals surface area contributed by atoms with Gasteiger partial charge in [0, 0.05) is 18.8 Å². The van der Waals surface area contributed by atoms with E-state index in [4.69, 9.17) is 4.98 Å². The molecule has 1 aromatic heterocycles. The lowest BCUT2D eigenvalue weighted by atomic mass is 9.93. The molecule has 0 aromatic carbocycles. The fourth-order valence-corrected chi connectivity index (χ4v) is 3.61. The summed E-state index contributed by atoms with van der Waals surface area (Å²) in [5, 5.41) is 9.55. The molecule has 0 amide bonds. The number of aromatic carboxylic acids is 1. The van der Waals surface area contributed by atoms with Crippen molar-refractivity contribution in [2.24, 2.45) is 5.92 Å².